The lowest BCUT2D eigenvalue weighted by Crippen LogP contribution is -2.46. The molecule has 1 N–H and O–H groups in total. The first-order valence-corrected chi connectivity index (χ1v) is 9.68. The van der Waals surface area contributed by atoms with Crippen molar-refractivity contribution >= 4 is 5.91 Å². The molecule has 0 aromatic heterocycles. The van der Waals surface area contributed by atoms with Gasteiger partial charge < -0.3 is 10.1 Å². The molecule has 2 aromatic carbocycles. The van der Waals surface area contributed by atoms with Gasteiger partial charge in [0, 0.05) is 19.8 Å². The Kier molecular flexibility index (Phi) is 6.12. The number of hydrogen-bond acceptors (Lipinski definition) is 2. The molecule has 1 heterocycles. The molecule has 3 nitrogen and oxygen atoms in total. The third-order valence-corrected chi connectivity index (χ3v) is 5.53. The second kappa shape index (κ2) is 8.53. The quantitative estimate of drug-likeness (QED) is 0.761. The molecule has 0 atom stereocenters. The monoisotopic (exact) mass is 363 g/mol. The molecule has 1 saturated heterocycles. The lowest BCUT2D eigenvalue weighted by atomic mass is 9.74. The number of ether oxygens (including phenoxy) is 1. The van der Waals surface area contributed by atoms with Gasteiger partial charge in [0.2, 0.25) is 5.91 Å². The molecule has 1 amide bonds. The maximum atomic E-state index is 12.8. The van der Waals surface area contributed by atoms with Crippen LogP contribution < -0.4 is 5.32 Å². The van der Waals surface area contributed by atoms with Gasteiger partial charge in [-0.2, -0.15) is 0 Å². The zero-order chi connectivity index (χ0) is 19.3. The highest BCUT2D eigenvalue weighted by atomic mass is 16.5. The molecule has 1 aliphatic rings. The van der Waals surface area contributed by atoms with E-state index in [0.717, 1.165) is 19.3 Å². The number of amides is 1. The maximum Gasteiger partial charge on any atom is 0.226 e. The molecule has 3 rings (SSSR count). The van der Waals surface area contributed by atoms with Crippen molar-refractivity contribution in [1.82, 2.24) is 5.32 Å². The summed E-state index contributed by atoms with van der Waals surface area (Å²) in [5.41, 5.74) is 5.85. The van der Waals surface area contributed by atoms with E-state index in [1.807, 2.05) is 0 Å². The Hall–Kier alpha value is -2.39. The molecule has 142 valence electrons. The summed E-state index contributed by atoms with van der Waals surface area (Å²) < 4.78 is 5.52. The van der Waals surface area contributed by atoms with Gasteiger partial charge in [0.25, 0.3) is 0 Å². The van der Waals surface area contributed by atoms with Gasteiger partial charge >= 0.3 is 0 Å². The summed E-state index contributed by atoms with van der Waals surface area (Å²) in [7, 11) is 0. The molecule has 0 spiro atoms. The van der Waals surface area contributed by atoms with Crippen molar-refractivity contribution in [2.45, 2.75) is 33.1 Å². The number of carbonyl (C=O) groups is 1. The van der Waals surface area contributed by atoms with Crippen LogP contribution in [-0.4, -0.2) is 25.7 Å². The Morgan fingerprint density at radius 1 is 1.15 bits per heavy atom. The van der Waals surface area contributed by atoms with E-state index in [4.69, 9.17) is 4.74 Å². The average Bonchev–Trinajstić information content (AvgIpc) is 2.67. The third-order valence-electron chi connectivity index (χ3n) is 5.53. The van der Waals surface area contributed by atoms with Crippen molar-refractivity contribution in [3.63, 3.8) is 0 Å². The van der Waals surface area contributed by atoms with E-state index in [2.05, 4.69) is 68.2 Å². The van der Waals surface area contributed by atoms with E-state index in [9.17, 15) is 4.79 Å². The molecule has 0 bridgehead atoms. The number of benzene rings is 2. The number of hydrogen-bond donors (Lipinski definition) is 1. The zero-order valence-corrected chi connectivity index (χ0v) is 16.4. The minimum absolute atomic E-state index is 0.115. The first kappa shape index (κ1) is 19.4. The molecule has 3 heteroatoms. The minimum atomic E-state index is -0.386. The summed E-state index contributed by atoms with van der Waals surface area (Å²) in [4.78, 5) is 12.8. The van der Waals surface area contributed by atoms with E-state index in [1.165, 1.54) is 27.8 Å². The van der Waals surface area contributed by atoms with Gasteiger partial charge in [-0.15, -0.1) is 6.58 Å². The van der Waals surface area contributed by atoms with Crippen LogP contribution in [-0.2, 0) is 16.0 Å². The predicted molar refractivity (Wildman–Crippen MR) is 111 cm³/mol. The molecule has 2 aromatic rings. The predicted octanol–water partition coefficient (Wildman–Crippen LogP) is 4.61. The lowest BCUT2D eigenvalue weighted by molar-refractivity contribution is -0.136. The van der Waals surface area contributed by atoms with Crippen LogP contribution in [0.5, 0.6) is 0 Å². The number of carbonyl (C=O) groups excluding carboxylic acids is 1. The van der Waals surface area contributed by atoms with Crippen LogP contribution in [0.15, 0.2) is 55.1 Å². The van der Waals surface area contributed by atoms with E-state index >= 15 is 0 Å². The van der Waals surface area contributed by atoms with E-state index in [1.54, 1.807) is 6.08 Å². The highest BCUT2D eigenvalue weighted by molar-refractivity contribution is 5.83. The minimum Gasteiger partial charge on any atom is -0.381 e. The van der Waals surface area contributed by atoms with Gasteiger partial charge in [-0.05, 0) is 55.4 Å². The molecule has 27 heavy (non-hydrogen) atoms. The van der Waals surface area contributed by atoms with E-state index < -0.39 is 0 Å². The standard InChI is InChI=1S/C24H29NO2/c1-4-13-25-23(26)24(11-14-27-15-12-24)17-20-6-8-21(9-7-20)22-10-5-18(2)16-19(22)3/h4-10,16H,1,11-15,17H2,2-3H3,(H,25,26). The third kappa shape index (κ3) is 4.48. The Bertz CT molecular complexity index is 802. The van der Waals surface area contributed by atoms with Gasteiger partial charge in [0.1, 0.15) is 0 Å². The van der Waals surface area contributed by atoms with Crippen LogP contribution >= 0.6 is 0 Å². The highest BCUT2D eigenvalue weighted by Crippen LogP contribution is 2.35. The van der Waals surface area contributed by atoms with Gasteiger partial charge in [-0.1, -0.05) is 54.1 Å². The molecule has 0 unspecified atom stereocenters. The first-order valence-electron chi connectivity index (χ1n) is 9.68. The molecule has 0 radical (unpaired) electrons. The summed E-state index contributed by atoms with van der Waals surface area (Å²) in [6, 6.07) is 15.2. The first-order chi connectivity index (χ1) is 13.0. The van der Waals surface area contributed by atoms with Crippen molar-refractivity contribution in [2.75, 3.05) is 19.8 Å². The van der Waals surface area contributed by atoms with Crippen LogP contribution in [0.3, 0.4) is 0 Å². The Balaban J connectivity index is 1.80. The highest BCUT2D eigenvalue weighted by Gasteiger charge is 2.39. The number of rotatable bonds is 6. The summed E-state index contributed by atoms with van der Waals surface area (Å²) in [6.45, 7) is 9.75. The zero-order valence-electron chi connectivity index (χ0n) is 16.4. The van der Waals surface area contributed by atoms with Crippen LogP contribution in [0.2, 0.25) is 0 Å². The van der Waals surface area contributed by atoms with Gasteiger partial charge in [0.05, 0.1) is 5.41 Å². The Labute approximate surface area is 162 Å². The largest absolute Gasteiger partial charge is 0.381 e. The summed E-state index contributed by atoms with van der Waals surface area (Å²) in [6.07, 6.45) is 3.99. The van der Waals surface area contributed by atoms with Crippen molar-refractivity contribution in [3.05, 3.63) is 71.8 Å². The Morgan fingerprint density at radius 3 is 2.48 bits per heavy atom. The smallest absolute Gasteiger partial charge is 0.226 e. The van der Waals surface area contributed by atoms with Crippen LogP contribution in [0.25, 0.3) is 11.1 Å². The van der Waals surface area contributed by atoms with Crippen molar-refractivity contribution in [1.29, 1.82) is 0 Å². The average molecular weight is 364 g/mol. The fraction of sp³-hybridized carbons (Fsp3) is 0.375. The number of aryl methyl sites for hydroxylation is 2. The maximum absolute atomic E-state index is 12.8. The molecular formula is C24H29NO2. The summed E-state index contributed by atoms with van der Waals surface area (Å²) in [5, 5.41) is 3.00. The van der Waals surface area contributed by atoms with E-state index in [0.29, 0.717) is 19.8 Å². The summed E-state index contributed by atoms with van der Waals surface area (Å²) >= 11 is 0. The fourth-order valence-electron chi connectivity index (χ4n) is 3.93. The molecule has 0 saturated carbocycles. The molecule has 0 aliphatic carbocycles. The molecule has 1 fully saturated rings. The molecular weight excluding hydrogens is 334 g/mol. The van der Waals surface area contributed by atoms with Crippen LogP contribution in [0.4, 0.5) is 0 Å². The SMILES string of the molecule is C=CCNC(=O)C1(Cc2ccc(-c3ccc(C)cc3C)cc2)CCOCC1. The van der Waals surface area contributed by atoms with E-state index in [-0.39, 0.29) is 11.3 Å². The van der Waals surface area contributed by atoms with Crippen LogP contribution in [0.1, 0.15) is 29.5 Å². The second-order valence-corrected chi connectivity index (χ2v) is 7.58. The van der Waals surface area contributed by atoms with Gasteiger partial charge in [-0.25, -0.2) is 0 Å². The van der Waals surface area contributed by atoms with Crippen LogP contribution in [0, 0.1) is 19.3 Å². The van der Waals surface area contributed by atoms with Gasteiger partial charge in [0.15, 0.2) is 0 Å². The molecule has 1 aliphatic heterocycles. The number of nitrogens with one attached hydrogen (secondary N) is 1. The fourth-order valence-corrected chi connectivity index (χ4v) is 3.93. The second-order valence-electron chi connectivity index (χ2n) is 7.58. The topological polar surface area (TPSA) is 38.3 Å². The normalized spacial score (nSPS) is 15.9. The van der Waals surface area contributed by atoms with Crippen molar-refractivity contribution in [2.24, 2.45) is 5.41 Å². The summed E-state index contributed by atoms with van der Waals surface area (Å²) in [5.74, 6) is 0.115. The lowest BCUT2D eigenvalue weighted by Gasteiger charge is -2.36. The van der Waals surface area contributed by atoms with Crippen molar-refractivity contribution < 1.29 is 9.53 Å². The Morgan fingerprint density at radius 2 is 1.85 bits per heavy atom. The van der Waals surface area contributed by atoms with Gasteiger partial charge in [-0.3, -0.25) is 4.79 Å². The van der Waals surface area contributed by atoms with Crippen molar-refractivity contribution in [3.8, 4) is 11.1 Å².